The Morgan fingerprint density at radius 2 is 1.76 bits per heavy atom. The van der Waals surface area contributed by atoms with Gasteiger partial charge >= 0.3 is 0 Å². The third-order valence-electron chi connectivity index (χ3n) is 2.95. The van der Waals surface area contributed by atoms with E-state index in [1.165, 1.54) is 0 Å². The third kappa shape index (κ3) is 4.52. The average molecular weight is 298 g/mol. The van der Waals surface area contributed by atoms with Gasteiger partial charge in [0.25, 0.3) is 0 Å². The molecule has 1 unspecified atom stereocenters. The minimum absolute atomic E-state index is 0.0722. The summed E-state index contributed by atoms with van der Waals surface area (Å²) in [6, 6.07) is 17.4. The van der Waals surface area contributed by atoms with Crippen LogP contribution in [0.1, 0.15) is 11.1 Å². The van der Waals surface area contributed by atoms with Crippen LogP contribution in [0, 0.1) is 6.92 Å². The number of hydrogen-bond acceptors (Lipinski definition) is 2. The molecular formula is C18H18O2S. The Morgan fingerprint density at radius 3 is 2.38 bits per heavy atom. The molecule has 0 aliphatic rings. The molecule has 3 heteroatoms. The predicted octanol–water partition coefficient (Wildman–Crippen LogP) is 3.69. The average Bonchev–Trinajstić information content (AvgIpc) is 2.52. The highest BCUT2D eigenvalue weighted by Gasteiger charge is 2.08. The normalized spacial score (nSPS) is 13.5. The second kappa shape index (κ2) is 7.72. The molecule has 0 spiro atoms. The van der Waals surface area contributed by atoms with Gasteiger partial charge in [-0.25, -0.2) is 4.21 Å². The maximum absolute atomic E-state index is 12.7. The molecule has 2 nitrogen and oxygen atoms in total. The third-order valence-corrected chi connectivity index (χ3v) is 4.33. The van der Waals surface area contributed by atoms with E-state index in [4.69, 9.17) is 5.11 Å². The van der Waals surface area contributed by atoms with Crippen molar-refractivity contribution in [3.63, 3.8) is 0 Å². The van der Waals surface area contributed by atoms with Gasteiger partial charge in [-0.1, -0.05) is 54.1 Å². The van der Waals surface area contributed by atoms with Crippen molar-refractivity contribution in [2.75, 3.05) is 6.61 Å². The summed E-state index contributed by atoms with van der Waals surface area (Å²) in [5.41, 5.74) is 2.12. The first kappa shape index (κ1) is 15.4. The molecule has 0 saturated carbocycles. The largest absolute Gasteiger partial charge is 0.392 e. The lowest BCUT2D eigenvalue weighted by molar-refractivity contribution is 0.342. The summed E-state index contributed by atoms with van der Waals surface area (Å²) < 4.78 is 12.7. The first-order chi connectivity index (χ1) is 10.2. The van der Waals surface area contributed by atoms with Gasteiger partial charge in [-0.05, 0) is 36.8 Å². The van der Waals surface area contributed by atoms with Crippen LogP contribution in [0.5, 0.6) is 0 Å². The van der Waals surface area contributed by atoms with Crippen molar-refractivity contribution in [2.45, 2.75) is 11.8 Å². The number of rotatable bonds is 5. The molecule has 0 bridgehead atoms. The Labute approximate surface area is 127 Å². The summed E-state index contributed by atoms with van der Waals surface area (Å²) in [4.78, 5) is 1.42. The maximum Gasteiger partial charge on any atom is 0.0849 e. The molecule has 0 aliphatic carbocycles. The number of allylic oxidation sites excluding steroid dienone is 1. The van der Waals surface area contributed by atoms with Gasteiger partial charge in [0.05, 0.1) is 17.4 Å². The molecule has 1 atom stereocenters. The Morgan fingerprint density at radius 1 is 1.10 bits per heavy atom. The number of benzene rings is 2. The molecule has 1 N–H and O–H groups in total. The molecule has 0 amide bonds. The van der Waals surface area contributed by atoms with E-state index >= 15 is 0 Å². The van der Waals surface area contributed by atoms with Crippen molar-refractivity contribution in [3.8, 4) is 0 Å². The van der Waals surface area contributed by atoms with Crippen LogP contribution >= 0.6 is 0 Å². The predicted molar refractivity (Wildman–Crippen MR) is 88.2 cm³/mol. The van der Waals surface area contributed by atoms with E-state index in [2.05, 4.69) is 0 Å². The van der Waals surface area contributed by atoms with Crippen LogP contribution in [0.3, 0.4) is 0 Å². The summed E-state index contributed by atoms with van der Waals surface area (Å²) in [5, 5.41) is 8.96. The van der Waals surface area contributed by atoms with Crippen LogP contribution in [0.25, 0.3) is 6.08 Å². The highest BCUT2D eigenvalue weighted by atomic mass is 32.2. The van der Waals surface area contributed by atoms with E-state index in [-0.39, 0.29) is 6.61 Å². The van der Waals surface area contributed by atoms with Gasteiger partial charge in [-0.3, -0.25) is 0 Å². The van der Waals surface area contributed by atoms with E-state index in [0.717, 1.165) is 16.0 Å². The topological polar surface area (TPSA) is 37.3 Å². The van der Waals surface area contributed by atoms with Gasteiger partial charge in [0.2, 0.25) is 0 Å². The van der Waals surface area contributed by atoms with Crippen LogP contribution < -0.4 is 0 Å². The Bertz CT molecular complexity index is 655. The summed E-state index contributed by atoms with van der Waals surface area (Å²) in [7, 11) is -1.27. The Balaban J connectivity index is 2.36. The van der Waals surface area contributed by atoms with Gasteiger partial charge < -0.3 is 5.11 Å². The van der Waals surface area contributed by atoms with Crippen molar-refractivity contribution in [3.05, 3.63) is 82.8 Å². The van der Waals surface area contributed by atoms with E-state index in [1.807, 2.05) is 67.6 Å². The molecule has 0 saturated heterocycles. The van der Waals surface area contributed by atoms with Crippen molar-refractivity contribution >= 4 is 16.9 Å². The lowest BCUT2D eigenvalue weighted by atomic mass is 10.2. The molecule has 2 rings (SSSR count). The van der Waals surface area contributed by atoms with Crippen LogP contribution in [-0.2, 0) is 10.8 Å². The van der Waals surface area contributed by atoms with Gasteiger partial charge in [0, 0.05) is 9.80 Å². The summed E-state index contributed by atoms with van der Waals surface area (Å²) in [5.74, 6) is 0. The molecule has 21 heavy (non-hydrogen) atoms. The Kier molecular flexibility index (Phi) is 5.67. The van der Waals surface area contributed by atoms with Gasteiger partial charge in [0.1, 0.15) is 0 Å². The highest BCUT2D eigenvalue weighted by molar-refractivity contribution is 7.89. The lowest BCUT2D eigenvalue weighted by Gasteiger charge is -2.05. The fourth-order valence-electron chi connectivity index (χ4n) is 1.84. The van der Waals surface area contributed by atoms with Crippen molar-refractivity contribution in [1.29, 1.82) is 0 Å². The fraction of sp³-hybridized carbons (Fsp3) is 0.111. The van der Waals surface area contributed by atoms with Gasteiger partial charge in [-0.2, -0.15) is 0 Å². The van der Waals surface area contributed by atoms with Crippen molar-refractivity contribution in [1.82, 2.24) is 0 Å². The number of aliphatic hydroxyl groups excluding tert-OH is 1. The zero-order valence-electron chi connectivity index (χ0n) is 11.9. The first-order valence-electron chi connectivity index (χ1n) is 6.73. The summed E-state index contributed by atoms with van der Waals surface area (Å²) in [6.45, 7) is 1.93. The van der Waals surface area contributed by atoms with Crippen LogP contribution in [-0.4, -0.2) is 15.9 Å². The van der Waals surface area contributed by atoms with Crippen molar-refractivity contribution in [2.24, 2.45) is 0 Å². The van der Waals surface area contributed by atoms with Crippen LogP contribution in [0.2, 0.25) is 0 Å². The SMILES string of the molecule is Cc1ccc(S(=O)C(/C=C\CO)=C/c2ccccc2)cc1. The molecular weight excluding hydrogens is 280 g/mol. The van der Waals surface area contributed by atoms with Crippen LogP contribution in [0.15, 0.2) is 76.5 Å². The Hall–Kier alpha value is -1.97. The molecule has 0 aromatic heterocycles. The van der Waals surface area contributed by atoms with Crippen LogP contribution in [0.4, 0.5) is 0 Å². The smallest absolute Gasteiger partial charge is 0.0849 e. The molecule has 0 aliphatic heterocycles. The second-order valence-corrected chi connectivity index (χ2v) is 6.10. The molecule has 0 fully saturated rings. The van der Waals surface area contributed by atoms with E-state index < -0.39 is 10.8 Å². The number of aliphatic hydroxyl groups is 1. The van der Waals surface area contributed by atoms with E-state index in [0.29, 0.717) is 4.91 Å². The molecule has 0 radical (unpaired) electrons. The van der Waals surface area contributed by atoms with E-state index in [1.54, 1.807) is 12.2 Å². The maximum atomic E-state index is 12.7. The summed E-state index contributed by atoms with van der Waals surface area (Å²) in [6.07, 6.45) is 5.19. The van der Waals surface area contributed by atoms with Gasteiger partial charge in [0.15, 0.2) is 0 Å². The monoisotopic (exact) mass is 298 g/mol. The standard InChI is InChI=1S/C18H18O2S/c1-15-9-11-17(12-10-15)21(20)18(8-5-13-19)14-16-6-3-2-4-7-16/h2-12,14,19H,13H2,1H3/b8-5-,18-14+. The molecule has 108 valence electrons. The zero-order valence-corrected chi connectivity index (χ0v) is 12.7. The second-order valence-electron chi connectivity index (χ2n) is 4.62. The fourth-order valence-corrected chi connectivity index (χ4v) is 2.96. The number of aryl methyl sites for hydroxylation is 1. The molecule has 2 aromatic carbocycles. The minimum atomic E-state index is -1.27. The lowest BCUT2D eigenvalue weighted by Crippen LogP contribution is -1.95. The van der Waals surface area contributed by atoms with E-state index in [9.17, 15) is 4.21 Å². The van der Waals surface area contributed by atoms with Crippen molar-refractivity contribution < 1.29 is 9.32 Å². The first-order valence-corrected chi connectivity index (χ1v) is 7.88. The zero-order chi connectivity index (χ0) is 15.1. The van der Waals surface area contributed by atoms with Gasteiger partial charge in [-0.15, -0.1) is 0 Å². The minimum Gasteiger partial charge on any atom is -0.392 e. The molecule has 0 heterocycles. The summed E-state index contributed by atoms with van der Waals surface area (Å²) >= 11 is 0. The highest BCUT2D eigenvalue weighted by Crippen LogP contribution is 2.19. The quantitative estimate of drug-likeness (QED) is 0.855. The number of hydrogen-bond donors (Lipinski definition) is 1. The molecule has 2 aromatic rings.